The summed E-state index contributed by atoms with van der Waals surface area (Å²) in [5.74, 6) is 2.62. The average Bonchev–Trinajstić information content (AvgIpc) is 3.20. The zero-order chi connectivity index (χ0) is 14.9. The molecule has 1 aromatic carbocycles. The van der Waals surface area contributed by atoms with Crippen molar-refractivity contribution in [3.05, 3.63) is 24.3 Å². The van der Waals surface area contributed by atoms with E-state index in [2.05, 4.69) is 22.6 Å². The maximum absolute atomic E-state index is 4.88. The minimum absolute atomic E-state index is 0.579. The molecule has 0 amide bonds. The van der Waals surface area contributed by atoms with E-state index >= 15 is 0 Å². The first-order chi connectivity index (χ1) is 10.8. The van der Waals surface area contributed by atoms with Crippen LogP contribution in [-0.2, 0) is 0 Å². The van der Waals surface area contributed by atoms with Gasteiger partial charge in [-0.3, -0.25) is 0 Å². The summed E-state index contributed by atoms with van der Waals surface area (Å²) >= 11 is 0. The van der Waals surface area contributed by atoms with E-state index in [4.69, 9.17) is 9.97 Å². The smallest absolute Gasteiger partial charge is 0.172 e. The third-order valence-electron chi connectivity index (χ3n) is 4.53. The molecule has 5 nitrogen and oxygen atoms in total. The molecule has 2 aromatic rings. The second-order valence-electron chi connectivity index (χ2n) is 6.54. The standard InChI is InChI=1S/C17H23N5/c1-22(11-12-8-9-18-10-12)17-16(19-13-6-7-13)20-14-4-2-3-5-15(14)21-17/h2-5,12-13,18H,6-11H2,1H3,(H,19,20)/t12-/m0/s1. The summed E-state index contributed by atoms with van der Waals surface area (Å²) in [5, 5.41) is 6.99. The molecule has 1 saturated heterocycles. The van der Waals surface area contributed by atoms with Crippen molar-refractivity contribution in [3.8, 4) is 0 Å². The maximum atomic E-state index is 4.88. The molecule has 1 aromatic heterocycles. The van der Waals surface area contributed by atoms with E-state index in [1.807, 2.05) is 24.3 Å². The van der Waals surface area contributed by atoms with Crippen LogP contribution in [0.25, 0.3) is 11.0 Å². The Hall–Kier alpha value is -1.88. The van der Waals surface area contributed by atoms with Crippen LogP contribution in [0.3, 0.4) is 0 Å². The largest absolute Gasteiger partial charge is 0.364 e. The van der Waals surface area contributed by atoms with Crippen LogP contribution in [0.15, 0.2) is 24.3 Å². The Morgan fingerprint density at radius 2 is 1.95 bits per heavy atom. The Bertz CT molecular complexity index is 661. The van der Waals surface area contributed by atoms with Crippen molar-refractivity contribution >= 4 is 22.7 Å². The molecule has 2 heterocycles. The van der Waals surface area contributed by atoms with Gasteiger partial charge >= 0.3 is 0 Å². The lowest BCUT2D eigenvalue weighted by Crippen LogP contribution is -2.28. The Labute approximate surface area is 131 Å². The van der Waals surface area contributed by atoms with Gasteiger partial charge in [0, 0.05) is 19.6 Å². The van der Waals surface area contributed by atoms with E-state index in [1.54, 1.807) is 0 Å². The molecule has 116 valence electrons. The van der Waals surface area contributed by atoms with Gasteiger partial charge in [0.1, 0.15) is 0 Å². The molecule has 2 aliphatic rings. The number of hydrogen-bond donors (Lipinski definition) is 2. The third-order valence-corrected chi connectivity index (χ3v) is 4.53. The predicted octanol–water partition coefficient (Wildman–Crippen LogP) is 2.25. The SMILES string of the molecule is CN(C[C@H]1CCNC1)c1nc2ccccc2nc1NC1CC1. The van der Waals surface area contributed by atoms with E-state index < -0.39 is 0 Å². The van der Waals surface area contributed by atoms with Crippen molar-refractivity contribution in [1.82, 2.24) is 15.3 Å². The highest BCUT2D eigenvalue weighted by Gasteiger charge is 2.25. The number of benzene rings is 1. The van der Waals surface area contributed by atoms with Gasteiger partial charge in [-0.25, -0.2) is 9.97 Å². The lowest BCUT2D eigenvalue weighted by molar-refractivity contribution is 0.576. The van der Waals surface area contributed by atoms with Gasteiger partial charge < -0.3 is 15.5 Å². The minimum atomic E-state index is 0.579. The highest BCUT2D eigenvalue weighted by atomic mass is 15.2. The fraction of sp³-hybridized carbons (Fsp3) is 0.529. The van der Waals surface area contributed by atoms with Gasteiger partial charge in [0.25, 0.3) is 0 Å². The van der Waals surface area contributed by atoms with Crippen LogP contribution < -0.4 is 15.5 Å². The fourth-order valence-corrected chi connectivity index (χ4v) is 3.12. The van der Waals surface area contributed by atoms with Crippen molar-refractivity contribution in [1.29, 1.82) is 0 Å². The van der Waals surface area contributed by atoms with E-state index in [-0.39, 0.29) is 0 Å². The molecule has 1 aliphatic carbocycles. The van der Waals surface area contributed by atoms with Gasteiger partial charge in [-0.1, -0.05) is 12.1 Å². The van der Waals surface area contributed by atoms with Crippen LogP contribution in [0, 0.1) is 5.92 Å². The summed E-state index contributed by atoms with van der Waals surface area (Å²) in [5.41, 5.74) is 1.93. The third kappa shape index (κ3) is 2.86. The second kappa shape index (κ2) is 5.72. The minimum Gasteiger partial charge on any atom is -0.364 e. The molecule has 2 fully saturated rings. The van der Waals surface area contributed by atoms with Gasteiger partial charge in [-0.15, -0.1) is 0 Å². The molecule has 1 aliphatic heterocycles. The molecular formula is C17H23N5. The number of rotatable bonds is 5. The fourth-order valence-electron chi connectivity index (χ4n) is 3.12. The zero-order valence-electron chi connectivity index (χ0n) is 13.0. The molecule has 1 atom stereocenters. The summed E-state index contributed by atoms with van der Waals surface area (Å²) in [4.78, 5) is 12.0. The van der Waals surface area contributed by atoms with Crippen LogP contribution >= 0.6 is 0 Å². The summed E-state index contributed by atoms with van der Waals surface area (Å²) in [6.45, 7) is 3.27. The molecule has 0 spiro atoms. The highest BCUT2D eigenvalue weighted by molar-refractivity contribution is 5.80. The summed E-state index contributed by atoms with van der Waals surface area (Å²) in [6, 6.07) is 8.69. The maximum Gasteiger partial charge on any atom is 0.172 e. The first-order valence-corrected chi connectivity index (χ1v) is 8.25. The summed E-state index contributed by atoms with van der Waals surface area (Å²) < 4.78 is 0. The van der Waals surface area contributed by atoms with Gasteiger partial charge in [0.15, 0.2) is 11.6 Å². The van der Waals surface area contributed by atoms with Crippen molar-refractivity contribution in [3.63, 3.8) is 0 Å². The highest BCUT2D eigenvalue weighted by Crippen LogP contribution is 2.30. The first-order valence-electron chi connectivity index (χ1n) is 8.25. The molecular weight excluding hydrogens is 274 g/mol. The normalized spacial score (nSPS) is 21.2. The van der Waals surface area contributed by atoms with Gasteiger partial charge in [0.05, 0.1) is 11.0 Å². The lowest BCUT2D eigenvalue weighted by Gasteiger charge is -2.24. The van der Waals surface area contributed by atoms with Crippen LogP contribution in [0.2, 0.25) is 0 Å². The van der Waals surface area contributed by atoms with E-state index in [0.29, 0.717) is 12.0 Å². The molecule has 0 bridgehead atoms. The summed E-state index contributed by atoms with van der Waals surface area (Å²) in [7, 11) is 2.13. The molecule has 1 saturated carbocycles. The van der Waals surface area contributed by atoms with Gasteiger partial charge in [-0.2, -0.15) is 0 Å². The van der Waals surface area contributed by atoms with Crippen molar-refractivity contribution in [2.75, 3.05) is 36.9 Å². The van der Waals surface area contributed by atoms with Crippen molar-refractivity contribution in [2.45, 2.75) is 25.3 Å². The number of para-hydroxylation sites is 2. The number of aromatic nitrogens is 2. The summed E-state index contributed by atoms with van der Waals surface area (Å²) in [6.07, 6.45) is 3.73. The Morgan fingerprint density at radius 1 is 1.18 bits per heavy atom. The molecule has 0 radical (unpaired) electrons. The number of fused-ring (bicyclic) bond motifs is 1. The quantitative estimate of drug-likeness (QED) is 0.886. The molecule has 5 heteroatoms. The van der Waals surface area contributed by atoms with Crippen LogP contribution in [0.4, 0.5) is 11.6 Å². The molecule has 4 rings (SSSR count). The van der Waals surface area contributed by atoms with Crippen molar-refractivity contribution in [2.24, 2.45) is 5.92 Å². The number of nitrogens with one attached hydrogen (secondary N) is 2. The lowest BCUT2D eigenvalue weighted by atomic mass is 10.1. The van der Waals surface area contributed by atoms with Crippen LogP contribution in [0.1, 0.15) is 19.3 Å². The van der Waals surface area contributed by atoms with Gasteiger partial charge in [-0.05, 0) is 50.4 Å². The second-order valence-corrected chi connectivity index (χ2v) is 6.54. The number of nitrogens with zero attached hydrogens (tertiary/aromatic N) is 3. The Kier molecular flexibility index (Phi) is 3.58. The van der Waals surface area contributed by atoms with Crippen molar-refractivity contribution < 1.29 is 0 Å². The van der Waals surface area contributed by atoms with E-state index in [1.165, 1.54) is 19.3 Å². The Balaban J connectivity index is 1.65. The monoisotopic (exact) mass is 297 g/mol. The number of anilines is 2. The molecule has 2 N–H and O–H groups in total. The molecule has 0 unspecified atom stereocenters. The topological polar surface area (TPSA) is 53.1 Å². The Morgan fingerprint density at radius 3 is 2.64 bits per heavy atom. The average molecular weight is 297 g/mol. The van der Waals surface area contributed by atoms with E-state index in [0.717, 1.165) is 42.3 Å². The zero-order valence-corrected chi connectivity index (χ0v) is 13.0. The predicted molar refractivity (Wildman–Crippen MR) is 90.4 cm³/mol. The van der Waals surface area contributed by atoms with Crippen LogP contribution in [0.5, 0.6) is 0 Å². The van der Waals surface area contributed by atoms with Crippen LogP contribution in [-0.4, -0.2) is 42.7 Å². The van der Waals surface area contributed by atoms with Gasteiger partial charge in [0.2, 0.25) is 0 Å². The molecule has 22 heavy (non-hydrogen) atoms. The first kappa shape index (κ1) is 13.8. The number of hydrogen-bond acceptors (Lipinski definition) is 5. The van der Waals surface area contributed by atoms with E-state index in [9.17, 15) is 0 Å².